The lowest BCUT2D eigenvalue weighted by atomic mass is 9.92. The van der Waals surface area contributed by atoms with Crippen molar-refractivity contribution in [3.63, 3.8) is 0 Å². The fraction of sp³-hybridized carbons (Fsp3) is 0.308. The number of pyridine rings is 1. The monoisotopic (exact) mass is 460 g/mol. The van der Waals surface area contributed by atoms with Crippen LogP contribution in [0.25, 0.3) is 11.3 Å². The van der Waals surface area contributed by atoms with Crippen LogP contribution in [-0.4, -0.2) is 39.6 Å². The Morgan fingerprint density at radius 1 is 1.12 bits per heavy atom. The third kappa shape index (κ3) is 5.17. The number of likely N-dealkylation sites (tertiary alicyclic amines) is 1. The number of hydrogen-bond donors (Lipinski definition) is 1. The molecule has 0 bridgehead atoms. The number of anilines is 2. The SMILES string of the molecule is Cc1cc([N+](=O)[O-])c(Nc2ccc(C3CN(C(=O)OC(C)(C)C)C3)cc2)nc1-c1ccccc1. The number of hydrogen-bond acceptors (Lipinski definition) is 6. The summed E-state index contributed by atoms with van der Waals surface area (Å²) in [6.45, 7) is 8.58. The molecule has 34 heavy (non-hydrogen) atoms. The van der Waals surface area contributed by atoms with Gasteiger partial charge in [0.05, 0.1) is 10.6 Å². The highest BCUT2D eigenvalue weighted by Gasteiger charge is 2.34. The topological polar surface area (TPSA) is 97.6 Å². The minimum absolute atomic E-state index is 0.0757. The van der Waals surface area contributed by atoms with Gasteiger partial charge in [-0.1, -0.05) is 42.5 Å². The van der Waals surface area contributed by atoms with Gasteiger partial charge in [-0.25, -0.2) is 9.78 Å². The summed E-state index contributed by atoms with van der Waals surface area (Å²) in [5, 5.41) is 14.8. The third-order valence-corrected chi connectivity index (χ3v) is 5.61. The molecule has 2 heterocycles. The molecule has 1 aliphatic rings. The number of rotatable bonds is 5. The minimum atomic E-state index is -0.511. The Labute approximate surface area is 198 Å². The van der Waals surface area contributed by atoms with Gasteiger partial charge in [0.15, 0.2) is 0 Å². The number of aromatic nitrogens is 1. The molecule has 0 unspecified atom stereocenters. The summed E-state index contributed by atoms with van der Waals surface area (Å²) in [6, 6.07) is 18.8. The molecule has 2 aromatic carbocycles. The van der Waals surface area contributed by atoms with E-state index in [0.29, 0.717) is 24.5 Å². The number of ether oxygens (including phenoxy) is 1. The summed E-state index contributed by atoms with van der Waals surface area (Å²) in [7, 11) is 0. The van der Waals surface area contributed by atoms with Crippen LogP contribution in [0.5, 0.6) is 0 Å². The van der Waals surface area contributed by atoms with E-state index in [4.69, 9.17) is 4.74 Å². The van der Waals surface area contributed by atoms with Crippen LogP contribution < -0.4 is 5.32 Å². The highest BCUT2D eigenvalue weighted by Crippen LogP contribution is 2.33. The standard InChI is InChI=1S/C26H28N4O4/c1-17-14-22(30(32)33)24(28-23(17)19-8-6-5-7-9-19)27-21-12-10-18(11-13-21)20-15-29(16-20)25(31)34-26(2,3)4/h5-14,20H,15-16H2,1-4H3,(H,27,28). The van der Waals surface area contributed by atoms with Crippen LogP contribution in [0, 0.1) is 17.0 Å². The van der Waals surface area contributed by atoms with Crippen LogP contribution in [0.2, 0.25) is 0 Å². The Morgan fingerprint density at radius 2 is 1.76 bits per heavy atom. The maximum atomic E-state index is 12.1. The molecule has 0 spiro atoms. The first-order valence-corrected chi connectivity index (χ1v) is 11.2. The van der Waals surface area contributed by atoms with E-state index in [2.05, 4.69) is 10.3 Å². The van der Waals surface area contributed by atoms with E-state index in [9.17, 15) is 14.9 Å². The number of amides is 1. The second-order valence-corrected chi connectivity index (χ2v) is 9.47. The molecule has 0 atom stereocenters. The molecule has 1 N–H and O–H groups in total. The Balaban J connectivity index is 1.48. The van der Waals surface area contributed by atoms with E-state index >= 15 is 0 Å². The number of nitrogens with zero attached hydrogens (tertiary/aromatic N) is 3. The number of carbonyl (C=O) groups is 1. The summed E-state index contributed by atoms with van der Waals surface area (Å²) in [5.41, 5.74) is 3.54. The fourth-order valence-electron chi connectivity index (χ4n) is 3.86. The summed E-state index contributed by atoms with van der Waals surface area (Å²) in [5.74, 6) is 0.431. The molecule has 8 heteroatoms. The molecule has 4 rings (SSSR count). The molecule has 0 saturated carbocycles. The van der Waals surface area contributed by atoms with Crippen LogP contribution in [-0.2, 0) is 4.74 Å². The zero-order valence-electron chi connectivity index (χ0n) is 19.7. The van der Waals surface area contributed by atoms with Crippen molar-refractivity contribution in [3.8, 4) is 11.3 Å². The van der Waals surface area contributed by atoms with E-state index in [1.165, 1.54) is 0 Å². The lowest BCUT2D eigenvalue weighted by Gasteiger charge is -2.40. The molecular formula is C26H28N4O4. The van der Waals surface area contributed by atoms with Crippen LogP contribution >= 0.6 is 0 Å². The predicted octanol–water partition coefficient (Wildman–Crippen LogP) is 6.04. The van der Waals surface area contributed by atoms with Crippen molar-refractivity contribution in [1.82, 2.24) is 9.88 Å². The number of aryl methyl sites for hydroxylation is 1. The first kappa shape index (κ1) is 23.2. The Bertz CT molecular complexity index is 1200. The summed E-state index contributed by atoms with van der Waals surface area (Å²) in [4.78, 5) is 29.7. The maximum absolute atomic E-state index is 12.1. The maximum Gasteiger partial charge on any atom is 0.410 e. The van der Waals surface area contributed by atoms with Gasteiger partial charge in [-0.15, -0.1) is 0 Å². The Kier molecular flexibility index (Phi) is 6.24. The molecule has 0 radical (unpaired) electrons. The average Bonchev–Trinajstić information content (AvgIpc) is 2.74. The molecule has 3 aromatic rings. The number of nitro groups is 1. The van der Waals surface area contributed by atoms with Crippen molar-refractivity contribution in [3.05, 3.63) is 81.9 Å². The van der Waals surface area contributed by atoms with Crippen molar-refractivity contribution < 1.29 is 14.5 Å². The first-order chi connectivity index (χ1) is 16.1. The van der Waals surface area contributed by atoms with Crippen LogP contribution in [0.4, 0.5) is 22.0 Å². The van der Waals surface area contributed by atoms with E-state index < -0.39 is 10.5 Å². The minimum Gasteiger partial charge on any atom is -0.444 e. The molecule has 1 saturated heterocycles. The molecule has 0 aliphatic carbocycles. The smallest absolute Gasteiger partial charge is 0.410 e. The lowest BCUT2D eigenvalue weighted by Crippen LogP contribution is -2.50. The number of carbonyl (C=O) groups excluding carboxylic acids is 1. The van der Waals surface area contributed by atoms with Gasteiger partial charge in [0.1, 0.15) is 5.60 Å². The summed E-state index contributed by atoms with van der Waals surface area (Å²) >= 11 is 0. The van der Waals surface area contributed by atoms with Crippen molar-refractivity contribution in [2.24, 2.45) is 0 Å². The quantitative estimate of drug-likeness (QED) is 0.368. The molecule has 8 nitrogen and oxygen atoms in total. The van der Waals surface area contributed by atoms with Gasteiger partial charge >= 0.3 is 11.8 Å². The third-order valence-electron chi connectivity index (χ3n) is 5.61. The van der Waals surface area contributed by atoms with Gasteiger partial charge in [-0.2, -0.15) is 0 Å². The van der Waals surface area contributed by atoms with Gasteiger partial charge < -0.3 is 15.0 Å². The lowest BCUT2D eigenvalue weighted by molar-refractivity contribution is -0.384. The molecule has 176 valence electrons. The van der Waals surface area contributed by atoms with Crippen molar-refractivity contribution in [1.29, 1.82) is 0 Å². The second kappa shape index (κ2) is 9.13. The van der Waals surface area contributed by atoms with Gasteiger partial charge in [0, 0.05) is 36.3 Å². The molecule has 1 amide bonds. The second-order valence-electron chi connectivity index (χ2n) is 9.47. The molecule has 1 aromatic heterocycles. The van der Waals surface area contributed by atoms with Gasteiger partial charge in [-0.05, 0) is 51.0 Å². The van der Waals surface area contributed by atoms with Gasteiger partial charge in [0.2, 0.25) is 5.82 Å². The highest BCUT2D eigenvalue weighted by atomic mass is 16.6. The molecule has 1 aliphatic heterocycles. The summed E-state index contributed by atoms with van der Waals surface area (Å²) < 4.78 is 5.41. The molecule has 1 fully saturated rings. The van der Waals surface area contributed by atoms with Gasteiger partial charge in [-0.3, -0.25) is 10.1 Å². The van der Waals surface area contributed by atoms with E-state index in [0.717, 1.165) is 16.7 Å². The Hall–Kier alpha value is -3.94. The van der Waals surface area contributed by atoms with Crippen molar-refractivity contribution in [2.75, 3.05) is 18.4 Å². The Morgan fingerprint density at radius 3 is 2.35 bits per heavy atom. The van der Waals surface area contributed by atoms with Crippen molar-refractivity contribution in [2.45, 2.75) is 39.2 Å². The predicted molar refractivity (Wildman–Crippen MR) is 131 cm³/mol. The van der Waals surface area contributed by atoms with E-state index in [1.54, 1.807) is 11.0 Å². The van der Waals surface area contributed by atoms with E-state index in [-0.39, 0.29) is 23.5 Å². The first-order valence-electron chi connectivity index (χ1n) is 11.2. The normalized spacial score (nSPS) is 13.8. The highest BCUT2D eigenvalue weighted by molar-refractivity contribution is 5.73. The van der Waals surface area contributed by atoms with Gasteiger partial charge in [0.25, 0.3) is 0 Å². The van der Waals surface area contributed by atoms with E-state index in [1.807, 2.05) is 82.3 Å². The van der Waals surface area contributed by atoms with Crippen LogP contribution in [0.1, 0.15) is 37.8 Å². The molecular weight excluding hydrogens is 432 g/mol. The largest absolute Gasteiger partial charge is 0.444 e. The number of nitrogens with one attached hydrogen (secondary N) is 1. The van der Waals surface area contributed by atoms with Crippen LogP contribution in [0.15, 0.2) is 60.7 Å². The van der Waals surface area contributed by atoms with Crippen LogP contribution in [0.3, 0.4) is 0 Å². The van der Waals surface area contributed by atoms with Crippen molar-refractivity contribution >= 4 is 23.3 Å². The number of benzene rings is 2. The zero-order chi connectivity index (χ0) is 24.5. The summed E-state index contributed by atoms with van der Waals surface area (Å²) in [6.07, 6.45) is -0.297. The fourth-order valence-corrected chi connectivity index (χ4v) is 3.86. The average molecular weight is 461 g/mol. The zero-order valence-corrected chi connectivity index (χ0v) is 19.7.